The van der Waals surface area contributed by atoms with Crippen LogP contribution in [-0.2, 0) is 19.6 Å². The first kappa shape index (κ1) is 17.6. The van der Waals surface area contributed by atoms with Gasteiger partial charge in [-0.05, 0) is 25.1 Å². The lowest BCUT2D eigenvalue weighted by Gasteiger charge is -2.04. The molecular formula is C18H17NO4S. The molecule has 0 aromatic heterocycles. The van der Waals surface area contributed by atoms with E-state index in [1.165, 1.54) is 25.3 Å². The summed E-state index contributed by atoms with van der Waals surface area (Å²) < 4.78 is 33.4. The number of carbonyl (C=O) groups is 1. The molecule has 6 heteroatoms. The first-order valence-electron chi connectivity index (χ1n) is 7.15. The predicted octanol–water partition coefficient (Wildman–Crippen LogP) is 2.90. The van der Waals surface area contributed by atoms with Gasteiger partial charge in [-0.2, -0.15) is 12.8 Å². The van der Waals surface area contributed by atoms with Crippen molar-refractivity contribution in [2.24, 2.45) is 4.40 Å². The Labute approximate surface area is 141 Å². The van der Waals surface area contributed by atoms with Crippen molar-refractivity contribution < 1.29 is 17.9 Å². The number of rotatable bonds is 5. The second-order valence-corrected chi connectivity index (χ2v) is 6.59. The van der Waals surface area contributed by atoms with E-state index in [1.807, 2.05) is 6.92 Å². The Morgan fingerprint density at radius 3 is 2.21 bits per heavy atom. The summed E-state index contributed by atoms with van der Waals surface area (Å²) in [5.74, 6) is -0.591. The van der Waals surface area contributed by atoms with Crippen LogP contribution in [0, 0.1) is 6.92 Å². The second-order valence-electron chi connectivity index (χ2n) is 4.99. The molecule has 0 N–H and O–H groups in total. The van der Waals surface area contributed by atoms with Crippen molar-refractivity contribution in [1.82, 2.24) is 0 Å². The summed E-state index contributed by atoms with van der Waals surface area (Å²) in [6.07, 6.45) is 2.46. The molecule has 0 aliphatic rings. The van der Waals surface area contributed by atoms with E-state index >= 15 is 0 Å². The molecule has 0 spiro atoms. The lowest BCUT2D eigenvalue weighted by atomic mass is 10.1. The number of benzene rings is 2. The maximum absolute atomic E-state index is 12.5. The van der Waals surface area contributed by atoms with Gasteiger partial charge < -0.3 is 4.74 Å². The van der Waals surface area contributed by atoms with Crippen LogP contribution in [0.2, 0.25) is 0 Å². The van der Waals surface area contributed by atoms with Gasteiger partial charge in [0, 0.05) is 11.6 Å². The first-order valence-corrected chi connectivity index (χ1v) is 8.59. The minimum absolute atomic E-state index is 0.0907. The molecule has 0 unspecified atom stereocenters. The molecule has 0 amide bonds. The standard InChI is InChI=1S/C18H17NO4S/c1-14-8-10-16(11-9-14)24(21,22)19-17(12-13-18(20)23-2)15-6-4-3-5-7-15/h3-13H,1-2H3/b13-12+,19-17+. The number of allylic oxidation sites excluding steroid dienone is 1. The second kappa shape index (κ2) is 7.70. The van der Waals surface area contributed by atoms with Gasteiger partial charge >= 0.3 is 5.97 Å². The van der Waals surface area contributed by atoms with Crippen LogP contribution < -0.4 is 0 Å². The zero-order valence-corrected chi connectivity index (χ0v) is 14.2. The highest BCUT2D eigenvalue weighted by Gasteiger charge is 2.14. The van der Waals surface area contributed by atoms with Crippen molar-refractivity contribution in [2.45, 2.75) is 11.8 Å². The topological polar surface area (TPSA) is 72.8 Å². The lowest BCUT2D eigenvalue weighted by Crippen LogP contribution is -2.06. The molecule has 0 aliphatic carbocycles. The molecule has 0 bridgehead atoms. The van der Waals surface area contributed by atoms with Gasteiger partial charge in [0.05, 0.1) is 17.7 Å². The number of aryl methyl sites for hydroxylation is 1. The molecule has 0 radical (unpaired) electrons. The van der Waals surface area contributed by atoms with E-state index < -0.39 is 16.0 Å². The first-order chi connectivity index (χ1) is 11.4. The highest BCUT2D eigenvalue weighted by atomic mass is 32.2. The molecular weight excluding hydrogens is 326 g/mol. The Morgan fingerprint density at radius 2 is 1.62 bits per heavy atom. The maximum Gasteiger partial charge on any atom is 0.330 e. The highest BCUT2D eigenvalue weighted by Crippen LogP contribution is 2.15. The van der Waals surface area contributed by atoms with Gasteiger partial charge in [-0.15, -0.1) is 0 Å². The summed E-state index contributed by atoms with van der Waals surface area (Å²) in [6.45, 7) is 1.87. The Hall–Kier alpha value is -2.73. The van der Waals surface area contributed by atoms with Crippen LogP contribution in [-0.4, -0.2) is 27.2 Å². The van der Waals surface area contributed by atoms with E-state index in [9.17, 15) is 13.2 Å². The number of sulfonamides is 1. The smallest absolute Gasteiger partial charge is 0.330 e. The monoisotopic (exact) mass is 343 g/mol. The van der Waals surface area contributed by atoms with Gasteiger partial charge in [-0.3, -0.25) is 0 Å². The van der Waals surface area contributed by atoms with Crippen LogP contribution in [0.1, 0.15) is 11.1 Å². The molecule has 0 aliphatic heterocycles. The molecule has 2 rings (SSSR count). The fourth-order valence-corrected chi connectivity index (χ4v) is 2.91. The van der Waals surface area contributed by atoms with E-state index in [4.69, 9.17) is 0 Å². The fourth-order valence-electron chi connectivity index (χ4n) is 1.90. The van der Waals surface area contributed by atoms with Crippen molar-refractivity contribution >= 4 is 21.7 Å². The molecule has 0 saturated heterocycles. The molecule has 0 atom stereocenters. The highest BCUT2D eigenvalue weighted by molar-refractivity contribution is 7.90. The van der Waals surface area contributed by atoms with Crippen molar-refractivity contribution in [3.05, 3.63) is 77.9 Å². The summed E-state index contributed by atoms with van der Waals surface area (Å²) in [5, 5.41) is 0. The summed E-state index contributed by atoms with van der Waals surface area (Å²) >= 11 is 0. The third kappa shape index (κ3) is 4.63. The van der Waals surface area contributed by atoms with Crippen molar-refractivity contribution in [3.63, 3.8) is 0 Å². The average Bonchev–Trinajstić information content (AvgIpc) is 2.59. The molecule has 2 aromatic rings. The quantitative estimate of drug-likeness (QED) is 0.475. The Kier molecular flexibility index (Phi) is 5.65. The van der Waals surface area contributed by atoms with Crippen LogP contribution in [0.15, 0.2) is 76.0 Å². The van der Waals surface area contributed by atoms with E-state index in [0.29, 0.717) is 5.56 Å². The van der Waals surface area contributed by atoms with Crippen molar-refractivity contribution in [2.75, 3.05) is 7.11 Å². The molecule has 0 heterocycles. The number of ether oxygens (including phenoxy) is 1. The summed E-state index contributed by atoms with van der Waals surface area (Å²) in [6, 6.07) is 15.2. The zero-order valence-electron chi connectivity index (χ0n) is 13.3. The minimum Gasteiger partial charge on any atom is -0.466 e. The largest absolute Gasteiger partial charge is 0.466 e. The fraction of sp³-hybridized carbons (Fsp3) is 0.111. The van der Waals surface area contributed by atoms with Crippen molar-refractivity contribution in [1.29, 1.82) is 0 Å². The van der Waals surface area contributed by atoms with Crippen LogP contribution >= 0.6 is 0 Å². The molecule has 5 nitrogen and oxygen atoms in total. The third-order valence-corrected chi connectivity index (χ3v) is 4.49. The number of hydrogen-bond donors (Lipinski definition) is 0. The predicted molar refractivity (Wildman–Crippen MR) is 92.5 cm³/mol. The van der Waals surface area contributed by atoms with E-state index in [0.717, 1.165) is 11.6 Å². The molecule has 124 valence electrons. The summed E-state index contributed by atoms with van der Waals surface area (Å²) in [4.78, 5) is 11.4. The van der Waals surface area contributed by atoms with Gasteiger partial charge in [0.25, 0.3) is 10.0 Å². The number of hydrogen-bond acceptors (Lipinski definition) is 4. The maximum atomic E-state index is 12.5. The van der Waals surface area contributed by atoms with E-state index in [1.54, 1.807) is 42.5 Å². The van der Waals surface area contributed by atoms with Gasteiger partial charge in [0.2, 0.25) is 0 Å². The van der Waals surface area contributed by atoms with Crippen LogP contribution in [0.5, 0.6) is 0 Å². The van der Waals surface area contributed by atoms with Crippen LogP contribution in [0.4, 0.5) is 0 Å². The zero-order chi connectivity index (χ0) is 17.6. The lowest BCUT2D eigenvalue weighted by molar-refractivity contribution is -0.134. The normalized spacial score (nSPS) is 12.3. The molecule has 2 aromatic carbocycles. The molecule has 0 fully saturated rings. The Morgan fingerprint density at radius 1 is 1.00 bits per heavy atom. The summed E-state index contributed by atoms with van der Waals surface area (Å²) in [7, 11) is -2.65. The number of nitrogens with zero attached hydrogens (tertiary/aromatic N) is 1. The number of esters is 1. The van der Waals surface area contributed by atoms with Crippen LogP contribution in [0.3, 0.4) is 0 Å². The van der Waals surface area contributed by atoms with Gasteiger partial charge in [-0.25, -0.2) is 4.79 Å². The van der Waals surface area contributed by atoms with Crippen molar-refractivity contribution in [3.8, 4) is 0 Å². The van der Waals surface area contributed by atoms with Crippen LogP contribution in [0.25, 0.3) is 0 Å². The number of methoxy groups -OCH3 is 1. The van der Waals surface area contributed by atoms with E-state index in [-0.39, 0.29) is 10.6 Å². The SMILES string of the molecule is COC(=O)/C=C/C(=N\S(=O)(=O)c1ccc(C)cc1)c1ccccc1. The van der Waals surface area contributed by atoms with Gasteiger partial charge in [-0.1, -0.05) is 48.0 Å². The third-order valence-electron chi connectivity index (χ3n) is 3.19. The molecule has 0 saturated carbocycles. The Balaban J connectivity index is 2.49. The van der Waals surface area contributed by atoms with E-state index in [2.05, 4.69) is 9.13 Å². The Bertz CT molecular complexity index is 867. The molecule has 24 heavy (non-hydrogen) atoms. The van der Waals surface area contributed by atoms with Gasteiger partial charge in [0.15, 0.2) is 0 Å². The minimum atomic E-state index is -3.89. The summed E-state index contributed by atoms with van der Waals surface area (Å²) in [5.41, 5.74) is 1.68. The average molecular weight is 343 g/mol. The van der Waals surface area contributed by atoms with Gasteiger partial charge in [0.1, 0.15) is 0 Å². The number of carbonyl (C=O) groups excluding carboxylic acids is 1.